The maximum Gasteiger partial charge on any atom is 0.255 e. The smallest absolute Gasteiger partial charge is 0.255 e. The highest BCUT2D eigenvalue weighted by Crippen LogP contribution is 2.45. The molecule has 3 N–H and O–H groups in total. The van der Waals surface area contributed by atoms with E-state index in [2.05, 4.69) is 20.4 Å². The van der Waals surface area contributed by atoms with Crippen LogP contribution in [0.3, 0.4) is 0 Å². The van der Waals surface area contributed by atoms with E-state index in [-0.39, 0.29) is 23.5 Å². The minimum absolute atomic E-state index is 0.140. The number of benzene rings is 1. The number of hydrogen-bond donors (Lipinski definition) is 2. The van der Waals surface area contributed by atoms with Crippen LogP contribution >= 0.6 is 11.8 Å². The number of aromatic nitrogens is 4. The molecular formula is C20H20N6O4S. The summed E-state index contributed by atoms with van der Waals surface area (Å²) >= 11 is 1.48. The highest BCUT2D eigenvalue weighted by Gasteiger charge is 2.31. The molecule has 3 aromatic rings. The van der Waals surface area contributed by atoms with Crippen molar-refractivity contribution in [3.05, 3.63) is 53.5 Å². The van der Waals surface area contributed by atoms with Crippen molar-refractivity contribution in [2.75, 3.05) is 24.8 Å². The van der Waals surface area contributed by atoms with Crippen molar-refractivity contribution < 1.29 is 19.1 Å². The molecule has 1 aliphatic heterocycles. The Labute approximate surface area is 182 Å². The Morgan fingerprint density at radius 1 is 1.32 bits per heavy atom. The van der Waals surface area contributed by atoms with Crippen molar-refractivity contribution >= 4 is 29.4 Å². The molecule has 2 amide bonds. The molecule has 1 aliphatic rings. The van der Waals surface area contributed by atoms with Crippen LogP contribution in [0.25, 0.3) is 5.95 Å². The maximum absolute atomic E-state index is 12.4. The molecule has 11 heteroatoms. The summed E-state index contributed by atoms with van der Waals surface area (Å²) in [6.07, 6.45) is 3.23. The summed E-state index contributed by atoms with van der Waals surface area (Å²) < 4.78 is 12.4. The molecule has 0 spiro atoms. The van der Waals surface area contributed by atoms with Gasteiger partial charge in [-0.1, -0.05) is 6.07 Å². The number of carbonyl (C=O) groups is 2. The molecule has 3 heterocycles. The highest BCUT2D eigenvalue weighted by molar-refractivity contribution is 8.00. The molecule has 1 atom stereocenters. The number of nitrogens with two attached hydrogens (primary N) is 1. The van der Waals surface area contributed by atoms with Gasteiger partial charge < -0.3 is 20.5 Å². The first-order valence-corrected chi connectivity index (χ1v) is 10.4. The quantitative estimate of drug-likeness (QED) is 0.590. The lowest BCUT2D eigenvalue weighted by atomic mass is 10.0. The Morgan fingerprint density at radius 3 is 2.81 bits per heavy atom. The number of primary amides is 1. The van der Waals surface area contributed by atoms with Crippen LogP contribution < -0.4 is 20.5 Å². The minimum atomic E-state index is -0.578. The van der Waals surface area contributed by atoms with Crippen LogP contribution in [-0.4, -0.2) is 51.0 Å². The van der Waals surface area contributed by atoms with Gasteiger partial charge in [-0.3, -0.25) is 9.59 Å². The number of anilines is 1. The fourth-order valence-corrected chi connectivity index (χ4v) is 4.49. The first-order valence-electron chi connectivity index (χ1n) is 9.35. The average Bonchev–Trinajstić information content (AvgIpc) is 2.97. The molecule has 10 nitrogen and oxygen atoms in total. The number of nitrogens with one attached hydrogen (secondary N) is 1. The standard InChI is InChI=1S/C20H20N6O4S/c1-11-17-18(12-4-5-13(14(8-12)29-2)30-9-15(21)27)31-10-16(28)24-19(17)26(25-11)20-22-6-3-7-23-20/h3-8,18H,9-10H2,1-2H3,(H2,21,27)(H,24,28)/t18-/m0/s1. The first-order chi connectivity index (χ1) is 15.0. The molecule has 31 heavy (non-hydrogen) atoms. The van der Waals surface area contributed by atoms with Crippen LogP contribution in [0.1, 0.15) is 22.1 Å². The normalized spacial score (nSPS) is 15.5. The van der Waals surface area contributed by atoms with Gasteiger partial charge in [-0.05, 0) is 30.7 Å². The van der Waals surface area contributed by atoms with Crippen LogP contribution in [0.15, 0.2) is 36.7 Å². The molecule has 1 aromatic carbocycles. The zero-order chi connectivity index (χ0) is 22.0. The summed E-state index contributed by atoms with van der Waals surface area (Å²) in [5.74, 6) is 1.31. The Balaban J connectivity index is 1.78. The third kappa shape index (κ3) is 4.17. The summed E-state index contributed by atoms with van der Waals surface area (Å²) in [4.78, 5) is 32.0. The van der Waals surface area contributed by atoms with E-state index < -0.39 is 5.91 Å². The van der Waals surface area contributed by atoms with Gasteiger partial charge in [0.1, 0.15) is 5.82 Å². The molecule has 0 radical (unpaired) electrons. The zero-order valence-electron chi connectivity index (χ0n) is 16.9. The minimum Gasteiger partial charge on any atom is -0.493 e. The summed E-state index contributed by atoms with van der Waals surface area (Å²) in [5.41, 5.74) is 7.66. The SMILES string of the molecule is COc1cc([C@@H]2SCC(=O)Nc3c2c(C)nn3-c2ncccn2)ccc1OCC(N)=O. The van der Waals surface area contributed by atoms with Gasteiger partial charge in [0.05, 0.1) is 23.8 Å². The van der Waals surface area contributed by atoms with E-state index in [1.54, 1.807) is 29.2 Å². The molecule has 0 aliphatic carbocycles. The number of ether oxygens (including phenoxy) is 2. The number of nitrogens with zero attached hydrogens (tertiary/aromatic N) is 4. The molecule has 0 saturated carbocycles. The second-order valence-corrected chi connectivity index (χ2v) is 7.81. The summed E-state index contributed by atoms with van der Waals surface area (Å²) in [7, 11) is 1.52. The lowest BCUT2D eigenvalue weighted by Crippen LogP contribution is -2.20. The van der Waals surface area contributed by atoms with Gasteiger partial charge in [0.15, 0.2) is 18.1 Å². The Kier molecular flexibility index (Phi) is 5.76. The second kappa shape index (κ2) is 8.64. The zero-order valence-corrected chi connectivity index (χ0v) is 17.7. The first kappa shape index (κ1) is 20.7. The molecule has 160 valence electrons. The molecular weight excluding hydrogens is 420 g/mol. The van der Waals surface area contributed by atoms with Gasteiger partial charge in [-0.2, -0.15) is 9.78 Å². The number of fused-ring (bicyclic) bond motifs is 1. The molecule has 0 bridgehead atoms. The van der Waals surface area contributed by atoms with Crippen LogP contribution in [-0.2, 0) is 9.59 Å². The van der Waals surface area contributed by atoms with E-state index in [1.807, 2.05) is 19.1 Å². The fraction of sp³-hybridized carbons (Fsp3) is 0.250. The van der Waals surface area contributed by atoms with Gasteiger partial charge in [-0.25, -0.2) is 9.97 Å². The lowest BCUT2D eigenvalue weighted by molar-refractivity contribution is -0.120. The van der Waals surface area contributed by atoms with Crippen LogP contribution in [0, 0.1) is 6.92 Å². The van der Waals surface area contributed by atoms with E-state index in [1.165, 1.54) is 18.9 Å². The van der Waals surface area contributed by atoms with Crippen molar-refractivity contribution in [3.63, 3.8) is 0 Å². The summed E-state index contributed by atoms with van der Waals surface area (Å²) in [5, 5.41) is 7.31. The van der Waals surface area contributed by atoms with Crippen LogP contribution in [0.2, 0.25) is 0 Å². The van der Waals surface area contributed by atoms with Crippen molar-refractivity contribution in [1.82, 2.24) is 19.7 Å². The number of amides is 2. The topological polar surface area (TPSA) is 134 Å². The predicted molar refractivity (Wildman–Crippen MR) is 115 cm³/mol. The lowest BCUT2D eigenvalue weighted by Gasteiger charge is -2.18. The largest absolute Gasteiger partial charge is 0.493 e. The molecule has 0 fully saturated rings. The van der Waals surface area contributed by atoms with Gasteiger partial charge in [-0.15, -0.1) is 11.8 Å². The van der Waals surface area contributed by atoms with Crippen LogP contribution in [0.5, 0.6) is 11.5 Å². The Hall–Kier alpha value is -3.60. The maximum atomic E-state index is 12.4. The van der Waals surface area contributed by atoms with Crippen molar-refractivity contribution in [2.24, 2.45) is 5.73 Å². The summed E-state index contributed by atoms with van der Waals surface area (Å²) in [6.45, 7) is 1.63. The number of hydrogen-bond acceptors (Lipinski definition) is 8. The summed E-state index contributed by atoms with van der Waals surface area (Å²) in [6, 6.07) is 7.12. The van der Waals surface area contributed by atoms with E-state index in [0.717, 1.165) is 16.8 Å². The van der Waals surface area contributed by atoms with Gasteiger partial charge in [0.25, 0.3) is 11.9 Å². The molecule has 0 saturated heterocycles. The fourth-order valence-electron chi connectivity index (χ4n) is 3.31. The Morgan fingerprint density at radius 2 is 2.10 bits per heavy atom. The van der Waals surface area contributed by atoms with E-state index >= 15 is 0 Å². The number of thioether (sulfide) groups is 1. The number of methoxy groups -OCH3 is 1. The van der Waals surface area contributed by atoms with Crippen LogP contribution in [0.4, 0.5) is 5.82 Å². The Bertz CT molecular complexity index is 1130. The third-order valence-electron chi connectivity index (χ3n) is 4.61. The molecule has 4 rings (SSSR count). The van der Waals surface area contributed by atoms with Gasteiger partial charge >= 0.3 is 0 Å². The second-order valence-electron chi connectivity index (χ2n) is 6.71. The van der Waals surface area contributed by atoms with Crippen molar-refractivity contribution in [3.8, 4) is 17.4 Å². The average molecular weight is 440 g/mol. The monoisotopic (exact) mass is 440 g/mol. The van der Waals surface area contributed by atoms with E-state index in [4.69, 9.17) is 15.2 Å². The third-order valence-corrected chi connectivity index (χ3v) is 5.88. The number of carbonyl (C=O) groups excluding carboxylic acids is 2. The number of rotatable bonds is 6. The van der Waals surface area contributed by atoms with E-state index in [0.29, 0.717) is 23.3 Å². The van der Waals surface area contributed by atoms with Crippen molar-refractivity contribution in [1.29, 1.82) is 0 Å². The molecule has 0 unspecified atom stereocenters. The van der Waals surface area contributed by atoms with Crippen molar-refractivity contribution in [2.45, 2.75) is 12.2 Å². The number of aryl methyl sites for hydroxylation is 1. The highest BCUT2D eigenvalue weighted by atomic mass is 32.2. The van der Waals surface area contributed by atoms with Gasteiger partial charge in [0.2, 0.25) is 5.91 Å². The van der Waals surface area contributed by atoms with Gasteiger partial charge in [0, 0.05) is 18.0 Å². The molecule has 2 aromatic heterocycles. The predicted octanol–water partition coefficient (Wildman–Crippen LogP) is 1.62. The van der Waals surface area contributed by atoms with E-state index in [9.17, 15) is 9.59 Å².